The second kappa shape index (κ2) is 6.85. The number of nitrogens with zero attached hydrogens (tertiary/aromatic N) is 3. The summed E-state index contributed by atoms with van der Waals surface area (Å²) in [4.78, 5) is 14.5. The van der Waals surface area contributed by atoms with E-state index in [2.05, 4.69) is 10.2 Å². The van der Waals surface area contributed by atoms with E-state index in [4.69, 9.17) is 0 Å². The molecule has 1 fully saturated rings. The minimum atomic E-state index is -0.291. The number of halogens is 1. The van der Waals surface area contributed by atoms with Gasteiger partial charge >= 0.3 is 0 Å². The van der Waals surface area contributed by atoms with Crippen LogP contribution in [0.15, 0.2) is 52.0 Å². The Morgan fingerprint density at radius 3 is 2.82 bits per heavy atom. The number of benzene rings is 1. The Kier molecular flexibility index (Phi) is 4.65. The Labute approximate surface area is 135 Å². The molecule has 0 saturated carbocycles. The van der Waals surface area contributed by atoms with Crippen molar-refractivity contribution in [3.05, 3.63) is 58.0 Å². The lowest BCUT2D eigenvalue weighted by molar-refractivity contribution is -0.124. The van der Waals surface area contributed by atoms with Crippen molar-refractivity contribution in [3.63, 3.8) is 0 Å². The quantitative estimate of drug-likeness (QED) is 0.636. The third kappa shape index (κ3) is 3.61. The Balaban J connectivity index is 1.73. The topological polar surface area (TPSA) is 45.0 Å². The lowest BCUT2D eigenvalue weighted by Crippen LogP contribution is -2.28. The number of thiophene rings is 1. The summed E-state index contributed by atoms with van der Waals surface area (Å²) in [7, 11) is 0. The SMILES string of the molecule is O=C1CS/C(=N\N=C/c2cccs2)N1Cc1ccc(F)cc1. The van der Waals surface area contributed by atoms with Crippen LogP contribution in [0, 0.1) is 5.82 Å². The first-order valence-electron chi connectivity index (χ1n) is 6.54. The van der Waals surface area contributed by atoms with E-state index in [1.807, 2.05) is 17.5 Å². The standard InChI is InChI=1S/C15H12FN3OS2/c16-12-5-3-11(4-6-12)9-19-14(20)10-22-15(19)18-17-8-13-2-1-7-21-13/h1-8H,9-10H2/b17-8-,18-15-. The van der Waals surface area contributed by atoms with Crippen molar-refractivity contribution >= 4 is 40.4 Å². The van der Waals surface area contributed by atoms with Crippen molar-refractivity contribution in [2.24, 2.45) is 10.2 Å². The van der Waals surface area contributed by atoms with Gasteiger partial charge in [0.15, 0.2) is 5.17 Å². The summed E-state index contributed by atoms with van der Waals surface area (Å²) in [5.74, 6) is 0.0499. The number of rotatable bonds is 4. The van der Waals surface area contributed by atoms with Gasteiger partial charge < -0.3 is 0 Å². The number of hydrogen-bond donors (Lipinski definition) is 0. The van der Waals surface area contributed by atoms with Crippen LogP contribution < -0.4 is 0 Å². The fraction of sp³-hybridized carbons (Fsp3) is 0.133. The highest BCUT2D eigenvalue weighted by atomic mass is 32.2. The molecule has 0 atom stereocenters. The molecular weight excluding hydrogens is 321 g/mol. The molecule has 2 heterocycles. The van der Waals surface area contributed by atoms with Crippen LogP contribution in [-0.4, -0.2) is 27.9 Å². The number of amides is 1. The molecule has 1 aromatic heterocycles. The summed E-state index contributed by atoms with van der Waals surface area (Å²) >= 11 is 2.93. The molecule has 1 amide bonds. The average molecular weight is 333 g/mol. The van der Waals surface area contributed by atoms with E-state index in [-0.39, 0.29) is 11.7 Å². The van der Waals surface area contributed by atoms with Crippen LogP contribution in [0.25, 0.3) is 0 Å². The Morgan fingerprint density at radius 1 is 1.27 bits per heavy atom. The van der Waals surface area contributed by atoms with Crippen molar-refractivity contribution < 1.29 is 9.18 Å². The van der Waals surface area contributed by atoms with Gasteiger partial charge in [0.25, 0.3) is 0 Å². The van der Waals surface area contributed by atoms with Crippen molar-refractivity contribution in [3.8, 4) is 0 Å². The van der Waals surface area contributed by atoms with E-state index in [1.165, 1.54) is 23.9 Å². The molecule has 4 nitrogen and oxygen atoms in total. The summed E-state index contributed by atoms with van der Waals surface area (Å²) in [5.41, 5.74) is 0.854. The molecule has 112 valence electrons. The first kappa shape index (κ1) is 14.9. The molecule has 1 aliphatic heterocycles. The van der Waals surface area contributed by atoms with E-state index in [9.17, 15) is 9.18 Å². The van der Waals surface area contributed by atoms with Gasteiger partial charge in [-0.1, -0.05) is 30.0 Å². The van der Waals surface area contributed by atoms with Gasteiger partial charge in [-0.15, -0.1) is 16.4 Å². The third-order valence-electron chi connectivity index (χ3n) is 2.98. The molecular formula is C15H12FN3OS2. The molecule has 7 heteroatoms. The van der Waals surface area contributed by atoms with E-state index >= 15 is 0 Å². The Bertz CT molecular complexity index is 711. The van der Waals surface area contributed by atoms with Crippen LogP contribution in [0.4, 0.5) is 4.39 Å². The fourth-order valence-electron chi connectivity index (χ4n) is 1.90. The fourth-order valence-corrected chi connectivity index (χ4v) is 3.31. The molecule has 22 heavy (non-hydrogen) atoms. The lowest BCUT2D eigenvalue weighted by atomic mass is 10.2. The molecule has 1 aromatic carbocycles. The first-order chi connectivity index (χ1) is 10.7. The maximum absolute atomic E-state index is 12.9. The maximum Gasteiger partial charge on any atom is 0.239 e. The van der Waals surface area contributed by atoms with Crippen LogP contribution in [0.5, 0.6) is 0 Å². The highest BCUT2D eigenvalue weighted by Gasteiger charge is 2.28. The zero-order chi connectivity index (χ0) is 15.4. The second-order valence-corrected chi connectivity index (χ2v) is 6.46. The number of thioether (sulfide) groups is 1. The van der Waals surface area contributed by atoms with Crippen molar-refractivity contribution in [2.75, 3.05) is 5.75 Å². The molecule has 3 rings (SSSR count). The van der Waals surface area contributed by atoms with Gasteiger partial charge in [0.2, 0.25) is 5.91 Å². The van der Waals surface area contributed by atoms with Gasteiger partial charge in [-0.25, -0.2) is 4.39 Å². The van der Waals surface area contributed by atoms with Crippen LogP contribution in [-0.2, 0) is 11.3 Å². The van der Waals surface area contributed by atoms with Crippen LogP contribution in [0.2, 0.25) is 0 Å². The summed E-state index contributed by atoms with van der Waals surface area (Å²) < 4.78 is 12.9. The number of hydrogen-bond acceptors (Lipinski definition) is 5. The molecule has 0 unspecified atom stereocenters. The smallest absolute Gasteiger partial charge is 0.239 e. The highest BCUT2D eigenvalue weighted by molar-refractivity contribution is 8.15. The molecule has 2 aromatic rings. The summed E-state index contributed by atoms with van der Waals surface area (Å²) in [6.45, 7) is 0.374. The van der Waals surface area contributed by atoms with Gasteiger partial charge in [0.1, 0.15) is 5.82 Å². The first-order valence-corrected chi connectivity index (χ1v) is 8.41. The summed E-state index contributed by atoms with van der Waals surface area (Å²) in [5, 5.41) is 10.7. The van der Waals surface area contributed by atoms with Crippen molar-refractivity contribution in [1.82, 2.24) is 4.90 Å². The molecule has 1 aliphatic rings. The Hall–Kier alpha value is -1.99. The van der Waals surface area contributed by atoms with E-state index < -0.39 is 0 Å². The number of amidine groups is 1. The minimum absolute atomic E-state index is 0.0144. The van der Waals surface area contributed by atoms with Gasteiger partial charge in [0.05, 0.1) is 18.5 Å². The zero-order valence-corrected chi connectivity index (χ0v) is 13.1. The van der Waals surface area contributed by atoms with Crippen LogP contribution in [0.3, 0.4) is 0 Å². The molecule has 0 spiro atoms. The molecule has 1 saturated heterocycles. The maximum atomic E-state index is 12.9. The zero-order valence-electron chi connectivity index (χ0n) is 11.5. The normalized spacial score (nSPS) is 17.0. The number of carbonyl (C=O) groups excluding carboxylic acids is 1. The average Bonchev–Trinajstić information content (AvgIpc) is 3.14. The van der Waals surface area contributed by atoms with Gasteiger partial charge in [-0.3, -0.25) is 9.69 Å². The highest BCUT2D eigenvalue weighted by Crippen LogP contribution is 2.22. The van der Waals surface area contributed by atoms with E-state index in [1.54, 1.807) is 34.6 Å². The second-order valence-electron chi connectivity index (χ2n) is 4.54. The van der Waals surface area contributed by atoms with Crippen LogP contribution >= 0.6 is 23.1 Å². The number of carbonyl (C=O) groups is 1. The Morgan fingerprint density at radius 2 is 2.09 bits per heavy atom. The molecule has 0 N–H and O–H groups in total. The molecule has 0 bridgehead atoms. The van der Waals surface area contributed by atoms with Crippen molar-refractivity contribution in [2.45, 2.75) is 6.54 Å². The van der Waals surface area contributed by atoms with Gasteiger partial charge in [-0.2, -0.15) is 5.10 Å². The largest absolute Gasteiger partial charge is 0.285 e. The van der Waals surface area contributed by atoms with Crippen molar-refractivity contribution in [1.29, 1.82) is 0 Å². The van der Waals surface area contributed by atoms with E-state index in [0.29, 0.717) is 17.5 Å². The molecule has 0 radical (unpaired) electrons. The minimum Gasteiger partial charge on any atom is -0.285 e. The monoisotopic (exact) mass is 333 g/mol. The third-order valence-corrected chi connectivity index (χ3v) is 4.74. The lowest BCUT2D eigenvalue weighted by Gasteiger charge is -2.14. The predicted molar refractivity (Wildman–Crippen MR) is 88.8 cm³/mol. The molecule has 0 aliphatic carbocycles. The summed E-state index contributed by atoms with van der Waals surface area (Å²) in [6, 6.07) is 9.98. The van der Waals surface area contributed by atoms with Gasteiger partial charge in [-0.05, 0) is 29.1 Å². The van der Waals surface area contributed by atoms with Gasteiger partial charge in [0, 0.05) is 4.88 Å². The van der Waals surface area contributed by atoms with E-state index in [0.717, 1.165) is 10.4 Å². The summed E-state index contributed by atoms with van der Waals surface area (Å²) in [6.07, 6.45) is 1.66. The predicted octanol–water partition coefficient (Wildman–Crippen LogP) is 3.35. The van der Waals surface area contributed by atoms with Crippen LogP contribution in [0.1, 0.15) is 10.4 Å².